The number of hydrogen-bond donors (Lipinski definition) is 1. The topological polar surface area (TPSA) is 110 Å². The van der Waals surface area contributed by atoms with Crippen LogP contribution in [0, 0.1) is 0 Å². The molecule has 3 aromatic heterocycles. The highest BCUT2D eigenvalue weighted by molar-refractivity contribution is 5.94. The summed E-state index contributed by atoms with van der Waals surface area (Å²) in [5, 5.41) is 7.98. The van der Waals surface area contributed by atoms with E-state index in [-0.39, 0.29) is 11.9 Å². The van der Waals surface area contributed by atoms with Gasteiger partial charge in [-0.3, -0.25) is 14.9 Å². The first-order chi connectivity index (χ1) is 16.1. The summed E-state index contributed by atoms with van der Waals surface area (Å²) >= 11 is 0. The Bertz CT molecular complexity index is 1430. The second kappa shape index (κ2) is 8.46. The molecular weight excluding hydrogens is 418 g/mol. The van der Waals surface area contributed by atoms with Crippen molar-refractivity contribution in [1.29, 1.82) is 0 Å². The lowest BCUT2D eigenvalue weighted by Crippen LogP contribution is -2.21. The van der Waals surface area contributed by atoms with Gasteiger partial charge in [-0.05, 0) is 42.5 Å². The van der Waals surface area contributed by atoms with Crippen molar-refractivity contribution < 1.29 is 9.53 Å². The van der Waals surface area contributed by atoms with Crippen molar-refractivity contribution in [2.24, 2.45) is 0 Å². The molecule has 1 N–H and O–H groups in total. The van der Waals surface area contributed by atoms with E-state index in [1.54, 1.807) is 57.0 Å². The number of aromatic amines is 1. The lowest BCUT2D eigenvalue weighted by molar-refractivity contribution is 0.0827. The molecule has 1 amide bonds. The largest absolute Gasteiger partial charge is 0.424 e. The van der Waals surface area contributed by atoms with Gasteiger partial charge in [0.05, 0.1) is 11.7 Å². The zero-order chi connectivity index (χ0) is 22.8. The number of carbonyl (C=O) groups is 1. The standard InChI is InChI=1S/C24H19N7O2/c1-31(2)23(32)16-6-8-17(9-7-16)33-24-28-21(15-10-12-25-13-11-15)27-22(29-24)18-4-3-5-20-19(18)14-26-30-20/h3-14H,1-2H3,(H,26,30). The molecule has 5 rings (SSSR count). The van der Waals surface area contributed by atoms with Gasteiger partial charge >= 0.3 is 6.01 Å². The van der Waals surface area contributed by atoms with E-state index in [2.05, 4.69) is 30.1 Å². The van der Waals surface area contributed by atoms with Gasteiger partial charge in [0.25, 0.3) is 5.91 Å². The fraction of sp³-hybridized carbons (Fsp3) is 0.0833. The fourth-order valence-corrected chi connectivity index (χ4v) is 3.34. The highest BCUT2D eigenvalue weighted by Gasteiger charge is 2.15. The number of rotatable bonds is 5. The highest BCUT2D eigenvalue weighted by atomic mass is 16.5. The van der Waals surface area contributed by atoms with Crippen molar-refractivity contribution in [3.63, 3.8) is 0 Å². The van der Waals surface area contributed by atoms with Crippen molar-refractivity contribution >= 4 is 16.8 Å². The summed E-state index contributed by atoms with van der Waals surface area (Å²) in [6.07, 6.45) is 5.09. The average molecular weight is 437 g/mol. The molecule has 0 aliphatic rings. The van der Waals surface area contributed by atoms with Crippen LogP contribution < -0.4 is 4.74 Å². The third-order valence-electron chi connectivity index (χ3n) is 5.00. The Morgan fingerprint density at radius 1 is 0.909 bits per heavy atom. The van der Waals surface area contributed by atoms with Crippen molar-refractivity contribution in [3.05, 3.63) is 78.8 Å². The van der Waals surface area contributed by atoms with Crippen LogP contribution in [-0.4, -0.2) is 55.0 Å². The zero-order valence-electron chi connectivity index (χ0n) is 17.9. The predicted octanol–water partition coefficient (Wildman–Crippen LogP) is 3.97. The maximum absolute atomic E-state index is 12.1. The van der Waals surface area contributed by atoms with E-state index < -0.39 is 0 Å². The van der Waals surface area contributed by atoms with Gasteiger partial charge in [0.15, 0.2) is 11.6 Å². The first-order valence-corrected chi connectivity index (χ1v) is 10.2. The van der Waals surface area contributed by atoms with Crippen LogP contribution in [0.5, 0.6) is 11.8 Å². The van der Waals surface area contributed by atoms with E-state index in [9.17, 15) is 4.79 Å². The molecule has 3 heterocycles. The molecule has 0 fully saturated rings. The van der Waals surface area contributed by atoms with E-state index >= 15 is 0 Å². The van der Waals surface area contributed by atoms with Crippen LogP contribution in [0.4, 0.5) is 0 Å². The molecule has 5 aromatic rings. The van der Waals surface area contributed by atoms with Gasteiger partial charge in [0.2, 0.25) is 0 Å². The lowest BCUT2D eigenvalue weighted by Gasteiger charge is -2.11. The summed E-state index contributed by atoms with van der Waals surface area (Å²) in [7, 11) is 3.42. The van der Waals surface area contributed by atoms with E-state index in [4.69, 9.17) is 4.74 Å². The minimum absolute atomic E-state index is 0.0859. The van der Waals surface area contributed by atoms with Crippen molar-refractivity contribution in [2.45, 2.75) is 0 Å². The molecule has 162 valence electrons. The molecule has 2 aromatic carbocycles. The normalized spacial score (nSPS) is 10.8. The Kier molecular flexibility index (Phi) is 5.19. The van der Waals surface area contributed by atoms with Gasteiger partial charge in [-0.1, -0.05) is 12.1 Å². The number of amides is 1. The number of ether oxygens (including phenoxy) is 1. The Morgan fingerprint density at radius 3 is 2.42 bits per heavy atom. The van der Waals surface area contributed by atoms with E-state index in [0.717, 1.165) is 22.0 Å². The molecule has 0 atom stereocenters. The molecule has 0 saturated heterocycles. The Labute approximate surface area is 189 Å². The summed E-state index contributed by atoms with van der Waals surface area (Å²) in [4.78, 5) is 31.5. The highest BCUT2D eigenvalue weighted by Crippen LogP contribution is 2.29. The van der Waals surface area contributed by atoms with Gasteiger partial charge in [0, 0.05) is 48.6 Å². The third kappa shape index (κ3) is 4.11. The lowest BCUT2D eigenvalue weighted by atomic mass is 10.1. The predicted molar refractivity (Wildman–Crippen MR) is 123 cm³/mol. The van der Waals surface area contributed by atoms with Crippen molar-refractivity contribution in [3.8, 4) is 34.5 Å². The van der Waals surface area contributed by atoms with Gasteiger partial charge in [-0.25, -0.2) is 4.98 Å². The van der Waals surface area contributed by atoms with Crippen LogP contribution in [0.1, 0.15) is 10.4 Å². The van der Waals surface area contributed by atoms with Crippen LogP contribution in [0.25, 0.3) is 33.7 Å². The second-order valence-corrected chi connectivity index (χ2v) is 7.46. The number of fused-ring (bicyclic) bond motifs is 1. The van der Waals surface area contributed by atoms with Gasteiger partial charge < -0.3 is 9.64 Å². The minimum atomic E-state index is -0.0859. The summed E-state index contributed by atoms with van der Waals surface area (Å²) < 4.78 is 5.97. The van der Waals surface area contributed by atoms with Crippen LogP contribution in [0.2, 0.25) is 0 Å². The Morgan fingerprint density at radius 2 is 1.67 bits per heavy atom. The van der Waals surface area contributed by atoms with Gasteiger partial charge in [-0.15, -0.1) is 0 Å². The molecular formula is C24H19N7O2. The quantitative estimate of drug-likeness (QED) is 0.443. The van der Waals surface area contributed by atoms with E-state index in [0.29, 0.717) is 23.0 Å². The molecule has 9 nitrogen and oxygen atoms in total. The maximum Gasteiger partial charge on any atom is 0.326 e. The first-order valence-electron chi connectivity index (χ1n) is 10.2. The molecule has 0 radical (unpaired) electrons. The molecule has 9 heteroatoms. The van der Waals surface area contributed by atoms with Crippen LogP contribution in [-0.2, 0) is 0 Å². The number of pyridine rings is 1. The molecule has 0 aliphatic carbocycles. The number of aromatic nitrogens is 6. The first kappa shape index (κ1) is 20.3. The zero-order valence-corrected chi connectivity index (χ0v) is 17.9. The van der Waals surface area contributed by atoms with E-state index in [1.807, 2.05) is 30.3 Å². The smallest absolute Gasteiger partial charge is 0.326 e. The molecule has 0 bridgehead atoms. The third-order valence-corrected chi connectivity index (χ3v) is 5.00. The van der Waals surface area contributed by atoms with Crippen molar-refractivity contribution in [2.75, 3.05) is 14.1 Å². The molecule has 33 heavy (non-hydrogen) atoms. The Balaban J connectivity index is 1.56. The fourth-order valence-electron chi connectivity index (χ4n) is 3.34. The van der Waals surface area contributed by atoms with Gasteiger partial charge in [0.1, 0.15) is 5.75 Å². The number of hydrogen-bond acceptors (Lipinski definition) is 7. The monoisotopic (exact) mass is 437 g/mol. The number of nitrogens with one attached hydrogen (secondary N) is 1. The molecule has 0 unspecified atom stereocenters. The average Bonchev–Trinajstić information content (AvgIpc) is 3.33. The van der Waals surface area contributed by atoms with Crippen LogP contribution >= 0.6 is 0 Å². The van der Waals surface area contributed by atoms with Crippen LogP contribution in [0.15, 0.2) is 73.2 Å². The summed E-state index contributed by atoms with van der Waals surface area (Å²) in [6, 6.07) is 16.4. The summed E-state index contributed by atoms with van der Waals surface area (Å²) in [5.74, 6) is 1.33. The molecule has 0 aliphatic heterocycles. The SMILES string of the molecule is CN(C)C(=O)c1ccc(Oc2nc(-c3ccncc3)nc(-c3cccc4[nH]ncc34)n2)cc1. The van der Waals surface area contributed by atoms with E-state index in [1.165, 1.54) is 4.90 Å². The summed E-state index contributed by atoms with van der Waals surface area (Å²) in [5.41, 5.74) is 3.02. The molecule has 0 saturated carbocycles. The second-order valence-electron chi connectivity index (χ2n) is 7.46. The summed E-state index contributed by atoms with van der Waals surface area (Å²) in [6.45, 7) is 0. The number of benzene rings is 2. The number of H-pyrrole nitrogens is 1. The molecule has 0 spiro atoms. The maximum atomic E-state index is 12.1. The van der Waals surface area contributed by atoms with Gasteiger partial charge in [-0.2, -0.15) is 15.1 Å². The minimum Gasteiger partial charge on any atom is -0.424 e. The van der Waals surface area contributed by atoms with Crippen LogP contribution in [0.3, 0.4) is 0 Å². The Hall–Kier alpha value is -4.66. The van der Waals surface area contributed by atoms with Crippen molar-refractivity contribution in [1.82, 2.24) is 35.0 Å². The number of nitrogens with zero attached hydrogens (tertiary/aromatic N) is 6. The number of carbonyl (C=O) groups excluding carboxylic acids is 1.